The van der Waals surface area contributed by atoms with Gasteiger partial charge in [0.25, 0.3) is 5.69 Å². The number of nitrogens with zero attached hydrogens (tertiary/aromatic N) is 1. The molecule has 2 rings (SSSR count). The SMILES string of the molecule is Cc1cc([N+](=O)[O-])ccc1Oc1cc(Br)ccc1CBr. The van der Waals surface area contributed by atoms with E-state index in [1.165, 1.54) is 12.1 Å². The van der Waals surface area contributed by atoms with E-state index in [1.807, 2.05) is 18.2 Å². The number of aryl methyl sites for hydroxylation is 1. The van der Waals surface area contributed by atoms with Crippen molar-refractivity contribution in [2.75, 3.05) is 0 Å². The van der Waals surface area contributed by atoms with Crippen molar-refractivity contribution in [3.05, 3.63) is 62.1 Å². The molecule has 6 heteroatoms. The number of nitro groups is 1. The van der Waals surface area contributed by atoms with Gasteiger partial charge in [-0.15, -0.1) is 0 Å². The van der Waals surface area contributed by atoms with E-state index < -0.39 is 4.92 Å². The zero-order valence-corrected chi connectivity index (χ0v) is 13.8. The maximum Gasteiger partial charge on any atom is 0.269 e. The molecule has 0 saturated carbocycles. The van der Waals surface area contributed by atoms with E-state index in [9.17, 15) is 10.1 Å². The molecule has 2 aromatic rings. The van der Waals surface area contributed by atoms with Crippen LogP contribution in [0.4, 0.5) is 5.69 Å². The van der Waals surface area contributed by atoms with Crippen LogP contribution in [0.1, 0.15) is 11.1 Å². The van der Waals surface area contributed by atoms with Crippen molar-refractivity contribution < 1.29 is 9.66 Å². The number of benzene rings is 2. The first kappa shape index (κ1) is 15.0. The largest absolute Gasteiger partial charge is 0.457 e. The summed E-state index contributed by atoms with van der Waals surface area (Å²) in [7, 11) is 0. The van der Waals surface area contributed by atoms with E-state index >= 15 is 0 Å². The van der Waals surface area contributed by atoms with Crippen LogP contribution < -0.4 is 4.74 Å². The molecule has 0 unspecified atom stereocenters. The minimum Gasteiger partial charge on any atom is -0.457 e. The van der Waals surface area contributed by atoms with Crippen molar-refractivity contribution in [3.63, 3.8) is 0 Å². The molecular weight excluding hydrogens is 390 g/mol. The molecule has 0 radical (unpaired) electrons. The van der Waals surface area contributed by atoms with E-state index in [1.54, 1.807) is 13.0 Å². The third-order valence-corrected chi connectivity index (χ3v) is 3.86. The molecule has 104 valence electrons. The van der Waals surface area contributed by atoms with Gasteiger partial charge in [0, 0.05) is 27.5 Å². The second-order valence-corrected chi connectivity index (χ2v) is 5.67. The minimum absolute atomic E-state index is 0.0600. The van der Waals surface area contributed by atoms with Crippen LogP contribution in [0.25, 0.3) is 0 Å². The Morgan fingerprint density at radius 1 is 1.20 bits per heavy atom. The summed E-state index contributed by atoms with van der Waals surface area (Å²) in [4.78, 5) is 10.3. The molecular formula is C14H11Br2NO3. The van der Waals surface area contributed by atoms with E-state index in [0.29, 0.717) is 16.8 Å². The first-order chi connectivity index (χ1) is 9.51. The number of rotatable bonds is 4. The van der Waals surface area contributed by atoms with Crippen LogP contribution in [0.3, 0.4) is 0 Å². The molecule has 20 heavy (non-hydrogen) atoms. The fourth-order valence-corrected chi connectivity index (χ4v) is 2.52. The highest BCUT2D eigenvalue weighted by Crippen LogP contribution is 2.32. The molecule has 0 heterocycles. The molecule has 0 aliphatic carbocycles. The highest BCUT2D eigenvalue weighted by Gasteiger charge is 2.11. The minimum atomic E-state index is -0.417. The number of alkyl halides is 1. The van der Waals surface area contributed by atoms with Crippen LogP contribution in [0, 0.1) is 17.0 Å². The van der Waals surface area contributed by atoms with Crippen LogP contribution in [0.2, 0.25) is 0 Å². The van der Waals surface area contributed by atoms with Crippen molar-refractivity contribution in [1.29, 1.82) is 0 Å². The van der Waals surface area contributed by atoms with Crippen molar-refractivity contribution in [2.24, 2.45) is 0 Å². The zero-order valence-electron chi connectivity index (χ0n) is 10.6. The quantitative estimate of drug-likeness (QED) is 0.394. The standard InChI is InChI=1S/C14H11Br2NO3/c1-9-6-12(17(18)19)4-5-13(9)20-14-7-11(16)3-2-10(14)8-15/h2-7H,8H2,1H3. The summed E-state index contributed by atoms with van der Waals surface area (Å²) in [6.45, 7) is 1.79. The molecule has 0 saturated heterocycles. The molecule has 0 atom stereocenters. The van der Waals surface area contributed by atoms with Gasteiger partial charge in [-0.3, -0.25) is 10.1 Å². The molecule has 0 bridgehead atoms. The summed E-state index contributed by atoms with van der Waals surface area (Å²) >= 11 is 6.81. The highest BCUT2D eigenvalue weighted by molar-refractivity contribution is 9.10. The Balaban J connectivity index is 2.35. The lowest BCUT2D eigenvalue weighted by molar-refractivity contribution is -0.384. The Hall–Kier alpha value is -1.40. The molecule has 0 aromatic heterocycles. The van der Waals surface area contributed by atoms with Gasteiger partial charge in [0.15, 0.2) is 0 Å². The molecule has 0 spiro atoms. The van der Waals surface area contributed by atoms with Crippen LogP contribution in [-0.2, 0) is 5.33 Å². The van der Waals surface area contributed by atoms with Gasteiger partial charge in [0.1, 0.15) is 11.5 Å². The molecule has 0 aliphatic heterocycles. The average molecular weight is 401 g/mol. The van der Waals surface area contributed by atoms with Crippen LogP contribution in [0.15, 0.2) is 40.9 Å². The van der Waals surface area contributed by atoms with Gasteiger partial charge in [-0.25, -0.2) is 0 Å². The first-order valence-corrected chi connectivity index (χ1v) is 7.70. The number of hydrogen-bond acceptors (Lipinski definition) is 3. The van der Waals surface area contributed by atoms with E-state index in [0.717, 1.165) is 15.6 Å². The highest BCUT2D eigenvalue weighted by atomic mass is 79.9. The normalized spacial score (nSPS) is 10.3. The average Bonchev–Trinajstić information content (AvgIpc) is 2.41. The molecule has 0 aliphatic rings. The van der Waals surface area contributed by atoms with Crippen molar-refractivity contribution in [3.8, 4) is 11.5 Å². The third kappa shape index (κ3) is 3.37. The van der Waals surface area contributed by atoms with Crippen molar-refractivity contribution >= 4 is 37.5 Å². The monoisotopic (exact) mass is 399 g/mol. The van der Waals surface area contributed by atoms with Gasteiger partial charge in [-0.05, 0) is 30.7 Å². The summed E-state index contributed by atoms with van der Waals surface area (Å²) < 4.78 is 6.78. The number of nitro benzene ring substituents is 1. The lowest BCUT2D eigenvalue weighted by atomic mass is 10.2. The van der Waals surface area contributed by atoms with Gasteiger partial charge in [0.05, 0.1) is 4.92 Å². The number of hydrogen-bond donors (Lipinski definition) is 0. The lowest BCUT2D eigenvalue weighted by Crippen LogP contribution is -1.94. The predicted molar refractivity (Wildman–Crippen MR) is 84.7 cm³/mol. The smallest absolute Gasteiger partial charge is 0.269 e. The Labute approximate surface area is 133 Å². The van der Waals surface area contributed by atoms with Gasteiger partial charge in [-0.1, -0.05) is 37.9 Å². The fraction of sp³-hybridized carbons (Fsp3) is 0.143. The fourth-order valence-electron chi connectivity index (χ4n) is 1.71. The molecule has 4 nitrogen and oxygen atoms in total. The second-order valence-electron chi connectivity index (χ2n) is 4.19. The Morgan fingerprint density at radius 3 is 2.55 bits per heavy atom. The lowest BCUT2D eigenvalue weighted by Gasteiger charge is -2.12. The Kier molecular flexibility index (Phi) is 4.77. The number of halogens is 2. The topological polar surface area (TPSA) is 52.4 Å². The molecule has 2 aromatic carbocycles. The van der Waals surface area contributed by atoms with Gasteiger partial charge >= 0.3 is 0 Å². The zero-order chi connectivity index (χ0) is 14.7. The maximum atomic E-state index is 10.7. The third-order valence-electron chi connectivity index (χ3n) is 2.76. The van der Waals surface area contributed by atoms with Crippen LogP contribution in [-0.4, -0.2) is 4.92 Å². The molecule has 0 amide bonds. The first-order valence-electron chi connectivity index (χ1n) is 5.78. The van der Waals surface area contributed by atoms with Gasteiger partial charge in [0.2, 0.25) is 0 Å². The maximum absolute atomic E-state index is 10.7. The number of non-ortho nitro benzene ring substituents is 1. The Morgan fingerprint density at radius 2 is 1.95 bits per heavy atom. The van der Waals surface area contributed by atoms with Crippen LogP contribution >= 0.6 is 31.9 Å². The molecule has 0 fully saturated rings. The Bertz CT molecular complexity index is 659. The van der Waals surface area contributed by atoms with Gasteiger partial charge < -0.3 is 4.74 Å². The summed E-state index contributed by atoms with van der Waals surface area (Å²) in [5.41, 5.74) is 1.79. The predicted octanol–water partition coefficient (Wildman–Crippen LogP) is 5.35. The van der Waals surface area contributed by atoms with Crippen molar-refractivity contribution in [1.82, 2.24) is 0 Å². The van der Waals surface area contributed by atoms with Crippen LogP contribution in [0.5, 0.6) is 11.5 Å². The summed E-state index contributed by atoms with van der Waals surface area (Å²) in [5, 5.41) is 11.4. The van der Waals surface area contributed by atoms with E-state index in [-0.39, 0.29) is 5.69 Å². The summed E-state index contributed by atoms with van der Waals surface area (Å²) in [6.07, 6.45) is 0. The number of ether oxygens (including phenoxy) is 1. The molecule has 0 N–H and O–H groups in total. The summed E-state index contributed by atoms with van der Waals surface area (Å²) in [6, 6.07) is 10.3. The van der Waals surface area contributed by atoms with Gasteiger partial charge in [-0.2, -0.15) is 0 Å². The van der Waals surface area contributed by atoms with E-state index in [2.05, 4.69) is 31.9 Å². The second kappa shape index (κ2) is 6.37. The van der Waals surface area contributed by atoms with E-state index in [4.69, 9.17) is 4.74 Å². The summed E-state index contributed by atoms with van der Waals surface area (Å²) in [5.74, 6) is 1.32. The van der Waals surface area contributed by atoms with Crippen molar-refractivity contribution in [2.45, 2.75) is 12.3 Å².